The van der Waals surface area contributed by atoms with E-state index in [1.54, 1.807) is 0 Å². The fraction of sp³-hybridized carbons (Fsp3) is 0.625. The minimum Gasteiger partial charge on any atom is -0.446 e. The smallest absolute Gasteiger partial charge is 0.334 e. The van der Waals surface area contributed by atoms with Gasteiger partial charge in [-0.05, 0) is 20.5 Å². The largest absolute Gasteiger partial charge is 0.446 e. The highest BCUT2D eigenvalue weighted by atomic mass is 35.5. The van der Waals surface area contributed by atoms with Gasteiger partial charge in [-0.1, -0.05) is 18.2 Å². The lowest BCUT2D eigenvalue weighted by molar-refractivity contribution is -0.137. The second-order valence-corrected chi connectivity index (χ2v) is 2.92. The van der Waals surface area contributed by atoms with Crippen molar-refractivity contribution >= 4 is 17.6 Å². The third-order valence-electron chi connectivity index (χ3n) is 1.34. The highest BCUT2D eigenvalue weighted by Crippen LogP contribution is 2.01. The molecule has 8 heteroatoms. The number of carbonyl (C=O) groups is 1. The summed E-state index contributed by atoms with van der Waals surface area (Å²) in [4.78, 5) is 12.9. The van der Waals surface area contributed by atoms with Crippen LogP contribution in [0.25, 0.3) is 0 Å². The normalized spacial score (nSPS) is 7.50. The summed E-state index contributed by atoms with van der Waals surface area (Å²) in [5, 5.41) is 0. The van der Waals surface area contributed by atoms with E-state index in [1.165, 1.54) is 0 Å². The van der Waals surface area contributed by atoms with E-state index in [1.807, 2.05) is 19.0 Å². The van der Waals surface area contributed by atoms with E-state index in [0.717, 1.165) is 6.54 Å². The first-order chi connectivity index (χ1) is 5.57. The third kappa shape index (κ3) is 15.8. The molecule has 16 heavy (non-hydrogen) atoms. The van der Waals surface area contributed by atoms with Gasteiger partial charge >= 0.3 is 5.97 Å². The van der Waals surface area contributed by atoms with Crippen molar-refractivity contribution in [3.05, 3.63) is 12.2 Å². The maximum absolute atomic E-state index is 10.9. The molecule has 7 nitrogen and oxygen atoms in total. The van der Waals surface area contributed by atoms with Crippen LogP contribution < -0.4 is 0 Å². The molecule has 0 amide bonds. The van der Waals surface area contributed by atoms with Crippen LogP contribution in [-0.2, 0) is 9.53 Å². The molecule has 0 aliphatic rings. The average molecular weight is 264 g/mol. The lowest BCUT2D eigenvalue weighted by Crippen LogP contribution is -2.16. The Kier molecular flexibility index (Phi) is 30.8. The van der Waals surface area contributed by atoms with Crippen molar-refractivity contribution in [2.45, 2.75) is 6.42 Å². The summed E-state index contributed by atoms with van der Waals surface area (Å²) in [6, 6.07) is -0.111. The zero-order chi connectivity index (χ0) is 9.56. The number of rotatable bonds is 5. The lowest BCUT2D eigenvalue weighted by atomic mass is 10.2. The van der Waals surface area contributed by atoms with Crippen LogP contribution in [0.3, 0.4) is 0 Å². The van der Waals surface area contributed by atoms with Crippen molar-refractivity contribution in [2.24, 2.45) is 0 Å². The van der Waals surface area contributed by atoms with Crippen LogP contribution in [0.5, 0.6) is 0 Å². The van der Waals surface area contributed by atoms with E-state index in [-0.39, 0.29) is 28.0 Å². The molecule has 0 aromatic carbocycles. The molecule has 0 radical (unpaired) electrons. The van der Waals surface area contributed by atoms with Crippen LogP contribution in [0, 0.1) is 0 Å². The molecule has 0 aromatic rings. The molecule has 0 saturated carbocycles. The van der Waals surface area contributed by atoms with Gasteiger partial charge in [0.2, 0.25) is 0 Å². The number of hydrogen-bond donors (Lipinski definition) is 0. The van der Waals surface area contributed by atoms with Gasteiger partial charge in [0.1, 0.15) is 0 Å². The highest BCUT2D eigenvalue weighted by molar-refractivity contribution is 6.17. The van der Waals surface area contributed by atoms with E-state index < -0.39 is 5.97 Å². The maximum atomic E-state index is 10.9. The van der Waals surface area contributed by atoms with Gasteiger partial charge in [-0.3, -0.25) is 0 Å². The summed E-state index contributed by atoms with van der Waals surface area (Å²) in [5.41, 5.74) is 0.462. The first-order valence-corrected chi connectivity index (χ1v) is 4.17. The predicted octanol–water partition coefficient (Wildman–Crippen LogP) is -2.06. The molecule has 0 aromatic heterocycles. The Labute approximate surface area is 99.9 Å². The molecule has 0 unspecified atom stereocenters. The maximum Gasteiger partial charge on any atom is 0.334 e. The molecule has 0 heterocycles. The summed E-state index contributed by atoms with van der Waals surface area (Å²) < 4.78 is 4.54. The minimum absolute atomic E-state index is 0. The Balaban J connectivity index is -0.000000101. The molecule has 0 aliphatic carbocycles. The van der Waals surface area contributed by atoms with Crippen LogP contribution in [0.4, 0.5) is 0 Å². The first-order valence-electron chi connectivity index (χ1n) is 3.63. The van der Waals surface area contributed by atoms with E-state index in [2.05, 4.69) is 11.3 Å². The van der Waals surface area contributed by atoms with E-state index in [0.29, 0.717) is 12.0 Å². The summed E-state index contributed by atoms with van der Waals surface area (Å²) in [5.74, 6) is -0.410. The Morgan fingerprint density at radius 1 is 1.25 bits per heavy atom. The number of alkyl halides is 1. The van der Waals surface area contributed by atoms with Gasteiger partial charge in [0.05, 0.1) is 0 Å². The molecule has 0 spiro atoms. The number of halogens is 1. The van der Waals surface area contributed by atoms with Crippen molar-refractivity contribution in [1.29, 1.82) is 0 Å². The fourth-order valence-corrected chi connectivity index (χ4v) is 0.711. The van der Waals surface area contributed by atoms with Gasteiger partial charge in [0, 0.05) is 12.1 Å². The SMILES string of the molecule is C=C(CCN(C)C)C(=O)OCCl.O.O.O.O. The molecule has 0 atom stereocenters. The van der Waals surface area contributed by atoms with E-state index in [9.17, 15) is 4.79 Å². The van der Waals surface area contributed by atoms with Gasteiger partial charge in [0.15, 0.2) is 6.07 Å². The van der Waals surface area contributed by atoms with Crippen molar-refractivity contribution in [2.75, 3.05) is 26.7 Å². The summed E-state index contributed by atoms with van der Waals surface area (Å²) >= 11 is 5.21. The number of hydrogen-bond acceptors (Lipinski definition) is 3. The molecule has 0 rings (SSSR count). The van der Waals surface area contributed by atoms with Crippen LogP contribution in [0.15, 0.2) is 12.2 Å². The standard InChI is InChI=1S/C8H14ClNO2.4H2O/c1-7(4-5-10(2)3)8(11)12-6-9;;;;/h1,4-6H2,2-3H3;4*1H2. The van der Waals surface area contributed by atoms with Crippen LogP contribution >= 0.6 is 11.6 Å². The quantitative estimate of drug-likeness (QED) is 0.318. The van der Waals surface area contributed by atoms with Crippen molar-refractivity contribution in [3.8, 4) is 0 Å². The van der Waals surface area contributed by atoms with Crippen LogP contribution in [0.1, 0.15) is 6.42 Å². The van der Waals surface area contributed by atoms with Gasteiger partial charge in [-0.2, -0.15) is 0 Å². The Hall–Kier alpha value is -0.700. The highest BCUT2D eigenvalue weighted by Gasteiger charge is 2.07. The summed E-state index contributed by atoms with van der Waals surface area (Å²) in [6.45, 7) is 4.37. The molecule has 102 valence electrons. The van der Waals surface area contributed by atoms with Gasteiger partial charge < -0.3 is 31.5 Å². The van der Waals surface area contributed by atoms with Crippen LogP contribution in [0.2, 0.25) is 0 Å². The number of nitrogens with zero attached hydrogens (tertiary/aromatic N) is 1. The topological polar surface area (TPSA) is 156 Å². The minimum atomic E-state index is -0.410. The third-order valence-corrected chi connectivity index (χ3v) is 1.44. The first kappa shape index (κ1) is 29.5. The van der Waals surface area contributed by atoms with Gasteiger partial charge in [-0.15, -0.1) is 0 Å². The Bertz CT molecular complexity index is 176. The Morgan fingerprint density at radius 3 is 2.00 bits per heavy atom. The summed E-state index contributed by atoms with van der Waals surface area (Å²) in [7, 11) is 3.86. The van der Waals surface area contributed by atoms with E-state index >= 15 is 0 Å². The second-order valence-electron chi connectivity index (χ2n) is 2.70. The predicted molar refractivity (Wildman–Crippen MR) is 63.6 cm³/mol. The molecule has 0 saturated heterocycles. The van der Waals surface area contributed by atoms with Crippen molar-refractivity contribution < 1.29 is 31.4 Å². The second kappa shape index (κ2) is 16.7. The molecule has 0 bridgehead atoms. The van der Waals surface area contributed by atoms with E-state index in [4.69, 9.17) is 11.6 Å². The van der Waals surface area contributed by atoms with Crippen molar-refractivity contribution in [3.63, 3.8) is 0 Å². The molecular formula is C8H22ClNO6. The molecular weight excluding hydrogens is 242 g/mol. The molecule has 0 fully saturated rings. The van der Waals surface area contributed by atoms with Gasteiger partial charge in [0.25, 0.3) is 0 Å². The van der Waals surface area contributed by atoms with Gasteiger partial charge in [-0.25, -0.2) is 4.79 Å². The number of esters is 1. The molecule has 8 N–H and O–H groups in total. The fourth-order valence-electron chi connectivity index (χ4n) is 0.612. The number of ether oxygens (including phenoxy) is 1. The monoisotopic (exact) mass is 263 g/mol. The molecule has 0 aliphatic heterocycles. The zero-order valence-corrected chi connectivity index (χ0v) is 10.2. The Morgan fingerprint density at radius 2 is 1.69 bits per heavy atom. The van der Waals surface area contributed by atoms with Crippen LogP contribution in [-0.4, -0.2) is 59.5 Å². The van der Waals surface area contributed by atoms with Crippen molar-refractivity contribution in [1.82, 2.24) is 4.90 Å². The summed E-state index contributed by atoms with van der Waals surface area (Å²) in [6.07, 6.45) is 0.614. The zero-order valence-electron chi connectivity index (χ0n) is 9.47. The average Bonchev–Trinajstić information content (AvgIpc) is 2.00. The number of carbonyl (C=O) groups excluding carboxylic acids is 1. The lowest BCUT2D eigenvalue weighted by Gasteiger charge is -2.09.